The molecule has 0 saturated heterocycles. The van der Waals surface area contributed by atoms with Gasteiger partial charge in [0, 0.05) is 11.1 Å². The van der Waals surface area contributed by atoms with Gasteiger partial charge in [0.25, 0.3) is 0 Å². The summed E-state index contributed by atoms with van der Waals surface area (Å²) >= 11 is 16.9. The molecule has 0 aliphatic carbocycles. The molecular formula is C16H15Cl2NO3S. The van der Waals surface area contributed by atoms with Crippen LogP contribution in [0.1, 0.15) is 5.56 Å². The molecule has 0 atom stereocenters. The molecule has 2 aromatic rings. The van der Waals surface area contributed by atoms with Gasteiger partial charge in [0.15, 0.2) is 0 Å². The van der Waals surface area contributed by atoms with Crippen molar-refractivity contribution in [1.82, 2.24) is 0 Å². The summed E-state index contributed by atoms with van der Waals surface area (Å²) in [7, 11) is 1.57. The Labute approximate surface area is 150 Å². The van der Waals surface area contributed by atoms with Gasteiger partial charge in [0.05, 0.1) is 17.7 Å². The topological polar surface area (TPSA) is 53.7 Å². The van der Waals surface area contributed by atoms with E-state index < -0.39 is 0 Å². The van der Waals surface area contributed by atoms with Crippen molar-refractivity contribution in [2.75, 3.05) is 20.3 Å². The summed E-state index contributed by atoms with van der Waals surface area (Å²) < 4.78 is 16.4. The minimum absolute atomic E-state index is 0.254. The van der Waals surface area contributed by atoms with Crippen molar-refractivity contribution in [3.05, 3.63) is 52.0 Å². The van der Waals surface area contributed by atoms with Crippen molar-refractivity contribution >= 4 is 40.4 Å². The largest absolute Gasteiger partial charge is 0.497 e. The molecule has 0 aliphatic heterocycles. The molecule has 0 amide bonds. The molecule has 7 heteroatoms. The minimum Gasteiger partial charge on any atom is -0.497 e. The standard InChI is InChI=1S/C16H15Cl2NO3S/c1-20-11-3-4-12(16(19)23)15(9-11)22-7-6-21-14-5-2-10(17)8-13(14)18/h2-5,8-9H,6-7H2,1H3,(H2,19,23). The van der Waals surface area contributed by atoms with Crippen LogP contribution in [0.2, 0.25) is 10.0 Å². The number of methoxy groups -OCH3 is 1. The molecule has 2 aromatic carbocycles. The molecular weight excluding hydrogens is 357 g/mol. The number of rotatable bonds is 7. The SMILES string of the molecule is COc1ccc(C(N)=S)c(OCCOc2ccc(Cl)cc2Cl)c1. The summed E-state index contributed by atoms with van der Waals surface area (Å²) in [6, 6.07) is 10.3. The minimum atomic E-state index is 0.254. The lowest BCUT2D eigenvalue weighted by Crippen LogP contribution is -2.14. The van der Waals surface area contributed by atoms with E-state index in [1.54, 1.807) is 43.5 Å². The van der Waals surface area contributed by atoms with Gasteiger partial charge in [-0.25, -0.2) is 0 Å². The van der Waals surface area contributed by atoms with Gasteiger partial charge < -0.3 is 19.9 Å². The summed E-state index contributed by atoms with van der Waals surface area (Å²) in [5, 5.41) is 0.999. The van der Waals surface area contributed by atoms with Crippen LogP contribution < -0.4 is 19.9 Å². The normalized spacial score (nSPS) is 10.2. The molecule has 2 rings (SSSR count). The fraction of sp³-hybridized carbons (Fsp3) is 0.188. The zero-order chi connectivity index (χ0) is 16.8. The van der Waals surface area contributed by atoms with Crippen molar-refractivity contribution in [3.8, 4) is 17.2 Å². The highest BCUT2D eigenvalue weighted by atomic mass is 35.5. The van der Waals surface area contributed by atoms with E-state index >= 15 is 0 Å². The summed E-state index contributed by atoms with van der Waals surface area (Å²) in [6.07, 6.45) is 0. The fourth-order valence-corrected chi connectivity index (χ4v) is 2.48. The number of halogens is 2. The molecule has 2 N–H and O–H groups in total. The van der Waals surface area contributed by atoms with E-state index in [0.717, 1.165) is 0 Å². The van der Waals surface area contributed by atoms with E-state index in [4.69, 9.17) is 55.4 Å². The van der Waals surface area contributed by atoms with Crippen LogP contribution in [0.15, 0.2) is 36.4 Å². The summed E-state index contributed by atoms with van der Waals surface area (Å²) in [5.41, 5.74) is 6.33. The van der Waals surface area contributed by atoms with Gasteiger partial charge in [-0.1, -0.05) is 35.4 Å². The number of hydrogen-bond donors (Lipinski definition) is 1. The predicted molar refractivity (Wildman–Crippen MR) is 96.3 cm³/mol. The van der Waals surface area contributed by atoms with Crippen LogP contribution >= 0.6 is 35.4 Å². The second kappa shape index (κ2) is 8.24. The summed E-state index contributed by atoms with van der Waals surface area (Å²) in [5.74, 6) is 1.74. The van der Waals surface area contributed by atoms with Gasteiger partial charge in [-0.2, -0.15) is 0 Å². The fourth-order valence-electron chi connectivity index (χ4n) is 1.85. The first-order valence-electron chi connectivity index (χ1n) is 6.69. The first-order valence-corrected chi connectivity index (χ1v) is 7.86. The number of ether oxygens (including phenoxy) is 3. The van der Waals surface area contributed by atoms with Crippen LogP contribution in [-0.2, 0) is 0 Å². The van der Waals surface area contributed by atoms with Crippen LogP contribution in [0.25, 0.3) is 0 Å². The second-order valence-corrected chi connectivity index (χ2v) is 5.78. The molecule has 0 aliphatic rings. The van der Waals surface area contributed by atoms with E-state index in [9.17, 15) is 0 Å². The van der Waals surface area contributed by atoms with Crippen LogP contribution in [0.3, 0.4) is 0 Å². The molecule has 0 aromatic heterocycles. The van der Waals surface area contributed by atoms with Gasteiger partial charge >= 0.3 is 0 Å². The molecule has 0 radical (unpaired) electrons. The van der Waals surface area contributed by atoms with E-state index in [2.05, 4.69) is 0 Å². The molecule has 0 unspecified atom stereocenters. The van der Waals surface area contributed by atoms with E-state index in [1.807, 2.05) is 0 Å². The van der Waals surface area contributed by atoms with Crippen LogP contribution in [0.5, 0.6) is 17.2 Å². The number of thiocarbonyl (C=S) groups is 1. The Hall–Kier alpha value is -1.69. The third-order valence-electron chi connectivity index (χ3n) is 2.95. The predicted octanol–water partition coefficient (Wildman–Crippen LogP) is 4.09. The number of nitrogens with two attached hydrogens (primary N) is 1. The Morgan fingerprint density at radius 2 is 1.74 bits per heavy atom. The quantitative estimate of drug-likeness (QED) is 0.586. The lowest BCUT2D eigenvalue weighted by atomic mass is 10.2. The van der Waals surface area contributed by atoms with Crippen molar-refractivity contribution in [3.63, 3.8) is 0 Å². The van der Waals surface area contributed by atoms with Gasteiger partial charge in [0.2, 0.25) is 0 Å². The van der Waals surface area contributed by atoms with Crippen LogP contribution in [-0.4, -0.2) is 25.3 Å². The van der Waals surface area contributed by atoms with Gasteiger partial charge in [0.1, 0.15) is 35.5 Å². The van der Waals surface area contributed by atoms with Crippen LogP contribution in [0, 0.1) is 0 Å². The highest BCUT2D eigenvalue weighted by molar-refractivity contribution is 7.80. The third-order valence-corrected chi connectivity index (χ3v) is 3.70. The molecule has 0 saturated carbocycles. The average molecular weight is 372 g/mol. The average Bonchev–Trinajstić information content (AvgIpc) is 2.52. The van der Waals surface area contributed by atoms with E-state index in [-0.39, 0.29) is 4.99 Å². The third kappa shape index (κ3) is 4.89. The smallest absolute Gasteiger partial charge is 0.138 e. The zero-order valence-corrected chi connectivity index (χ0v) is 14.7. The Bertz CT molecular complexity index is 710. The molecule has 23 heavy (non-hydrogen) atoms. The van der Waals surface area contributed by atoms with Gasteiger partial charge in [-0.15, -0.1) is 0 Å². The number of benzene rings is 2. The Morgan fingerprint density at radius 3 is 2.35 bits per heavy atom. The maximum absolute atomic E-state index is 6.03. The summed E-state index contributed by atoms with van der Waals surface area (Å²) in [6.45, 7) is 0.594. The molecule has 0 heterocycles. The Balaban J connectivity index is 1.96. The van der Waals surface area contributed by atoms with Crippen molar-refractivity contribution in [1.29, 1.82) is 0 Å². The molecule has 0 bridgehead atoms. The second-order valence-electron chi connectivity index (χ2n) is 4.50. The van der Waals surface area contributed by atoms with Crippen LogP contribution in [0.4, 0.5) is 0 Å². The zero-order valence-electron chi connectivity index (χ0n) is 12.3. The molecule has 0 fully saturated rings. The highest BCUT2D eigenvalue weighted by Crippen LogP contribution is 2.28. The molecule has 0 spiro atoms. The lowest BCUT2D eigenvalue weighted by molar-refractivity contribution is 0.216. The van der Waals surface area contributed by atoms with Crippen molar-refractivity contribution in [2.45, 2.75) is 0 Å². The summed E-state index contributed by atoms with van der Waals surface area (Å²) in [4.78, 5) is 0.254. The highest BCUT2D eigenvalue weighted by Gasteiger charge is 2.09. The molecule has 4 nitrogen and oxygen atoms in total. The maximum Gasteiger partial charge on any atom is 0.138 e. The van der Waals surface area contributed by atoms with Gasteiger partial charge in [-0.3, -0.25) is 0 Å². The Kier molecular flexibility index (Phi) is 6.33. The monoisotopic (exact) mass is 371 g/mol. The van der Waals surface area contributed by atoms with Crippen molar-refractivity contribution in [2.24, 2.45) is 5.73 Å². The first kappa shape index (κ1) is 17.7. The van der Waals surface area contributed by atoms with E-state index in [1.165, 1.54) is 0 Å². The number of hydrogen-bond acceptors (Lipinski definition) is 4. The molecule has 122 valence electrons. The van der Waals surface area contributed by atoms with Gasteiger partial charge in [-0.05, 0) is 30.3 Å². The van der Waals surface area contributed by atoms with Crippen molar-refractivity contribution < 1.29 is 14.2 Å². The van der Waals surface area contributed by atoms with E-state index in [0.29, 0.717) is 46.1 Å². The lowest BCUT2D eigenvalue weighted by Gasteiger charge is -2.13. The Morgan fingerprint density at radius 1 is 1.04 bits per heavy atom. The maximum atomic E-state index is 6.03. The first-order chi connectivity index (χ1) is 11.0.